The molecular formula is C18H22Cl3NO6. The lowest BCUT2D eigenvalue weighted by atomic mass is 10.1. The van der Waals surface area contributed by atoms with Crippen LogP contribution in [0.5, 0.6) is 0 Å². The van der Waals surface area contributed by atoms with Gasteiger partial charge in [-0.2, -0.15) is 0 Å². The standard InChI is InChI=1S/C18H22Cl3NO6/c1-12(16(23)24-2)8-14-15(28-18(22,27-14)17(19,20)21)10-26-11-25-9-13-6-4-3-5-7-13/h3-8,14-15H,9-11,22H2,1-2H3/b12-8+/t14-,15+,18?/m1/s1. The van der Waals surface area contributed by atoms with E-state index in [1.807, 2.05) is 30.3 Å². The third kappa shape index (κ3) is 6.30. The molecule has 1 aromatic carbocycles. The van der Waals surface area contributed by atoms with Crippen molar-refractivity contribution in [3.05, 3.63) is 47.5 Å². The minimum atomic E-state index is -2.06. The van der Waals surface area contributed by atoms with Crippen LogP contribution < -0.4 is 5.73 Å². The Hall–Kier alpha value is -0.900. The van der Waals surface area contributed by atoms with Gasteiger partial charge in [-0.1, -0.05) is 65.1 Å². The van der Waals surface area contributed by atoms with Crippen LogP contribution in [-0.2, 0) is 35.1 Å². The minimum absolute atomic E-state index is 0.00646. The Morgan fingerprint density at radius 2 is 1.93 bits per heavy atom. The highest BCUT2D eigenvalue weighted by Gasteiger charge is 2.57. The first-order chi connectivity index (χ1) is 13.2. The first-order valence-corrected chi connectivity index (χ1v) is 9.47. The highest BCUT2D eigenvalue weighted by atomic mass is 35.6. The molecule has 7 nitrogen and oxygen atoms in total. The average Bonchev–Trinajstić information content (AvgIpc) is 2.98. The Morgan fingerprint density at radius 3 is 2.54 bits per heavy atom. The summed E-state index contributed by atoms with van der Waals surface area (Å²) in [5.41, 5.74) is 7.23. The molecule has 0 aliphatic carbocycles. The van der Waals surface area contributed by atoms with E-state index in [9.17, 15) is 4.79 Å². The van der Waals surface area contributed by atoms with E-state index in [1.165, 1.54) is 13.2 Å². The van der Waals surface area contributed by atoms with Gasteiger partial charge in [-0.15, -0.1) is 0 Å². The highest BCUT2D eigenvalue weighted by molar-refractivity contribution is 6.68. The number of hydrogen-bond donors (Lipinski definition) is 1. The minimum Gasteiger partial charge on any atom is -0.466 e. The van der Waals surface area contributed by atoms with Crippen molar-refractivity contribution in [2.45, 2.75) is 35.4 Å². The van der Waals surface area contributed by atoms with E-state index in [0.717, 1.165) is 5.56 Å². The first kappa shape index (κ1) is 23.4. The Morgan fingerprint density at radius 1 is 1.25 bits per heavy atom. The van der Waals surface area contributed by atoms with Crippen molar-refractivity contribution in [3.8, 4) is 0 Å². The maximum atomic E-state index is 11.7. The molecule has 1 saturated heterocycles. The van der Waals surface area contributed by atoms with Crippen molar-refractivity contribution < 1.29 is 28.5 Å². The van der Waals surface area contributed by atoms with Crippen LogP contribution in [0.2, 0.25) is 0 Å². The van der Waals surface area contributed by atoms with E-state index in [-0.39, 0.29) is 19.0 Å². The van der Waals surface area contributed by atoms with E-state index in [4.69, 9.17) is 59.5 Å². The van der Waals surface area contributed by atoms with Crippen LogP contribution in [-0.4, -0.2) is 48.4 Å². The summed E-state index contributed by atoms with van der Waals surface area (Å²) in [7, 11) is 1.27. The van der Waals surface area contributed by atoms with Gasteiger partial charge in [0, 0.05) is 5.57 Å². The number of nitrogens with two attached hydrogens (primary N) is 1. The monoisotopic (exact) mass is 453 g/mol. The number of hydrogen-bond acceptors (Lipinski definition) is 7. The molecule has 10 heteroatoms. The van der Waals surface area contributed by atoms with E-state index < -0.39 is 27.9 Å². The van der Waals surface area contributed by atoms with Gasteiger partial charge >= 0.3 is 5.97 Å². The molecule has 1 aliphatic rings. The molecule has 3 atom stereocenters. The molecule has 0 aromatic heterocycles. The second-order valence-electron chi connectivity index (χ2n) is 6.07. The molecule has 0 radical (unpaired) electrons. The summed E-state index contributed by atoms with van der Waals surface area (Å²) < 4.78 is 24.7. The van der Waals surface area contributed by atoms with Crippen molar-refractivity contribution in [2.24, 2.45) is 5.73 Å². The summed E-state index contributed by atoms with van der Waals surface area (Å²) >= 11 is 17.6. The van der Waals surface area contributed by atoms with Gasteiger partial charge in [-0.05, 0) is 18.6 Å². The maximum Gasteiger partial charge on any atom is 0.333 e. The molecule has 0 amide bonds. The molecule has 2 N–H and O–H groups in total. The van der Waals surface area contributed by atoms with Gasteiger partial charge in [-0.3, -0.25) is 5.73 Å². The first-order valence-electron chi connectivity index (χ1n) is 8.33. The van der Waals surface area contributed by atoms with Crippen molar-refractivity contribution in [1.29, 1.82) is 0 Å². The zero-order valence-electron chi connectivity index (χ0n) is 15.4. The number of carbonyl (C=O) groups is 1. The number of methoxy groups -OCH3 is 1. The molecule has 1 unspecified atom stereocenters. The van der Waals surface area contributed by atoms with Crippen molar-refractivity contribution >= 4 is 40.8 Å². The number of esters is 1. The van der Waals surface area contributed by atoms with E-state index >= 15 is 0 Å². The van der Waals surface area contributed by atoms with Crippen LogP contribution in [0.15, 0.2) is 42.0 Å². The van der Waals surface area contributed by atoms with Crippen LogP contribution >= 0.6 is 34.8 Å². The Labute approximate surface area is 178 Å². The van der Waals surface area contributed by atoms with Crippen molar-refractivity contribution in [3.63, 3.8) is 0 Å². The van der Waals surface area contributed by atoms with Crippen molar-refractivity contribution in [2.75, 3.05) is 20.5 Å². The molecule has 1 aliphatic heterocycles. The fraction of sp³-hybridized carbons (Fsp3) is 0.500. The topological polar surface area (TPSA) is 89.2 Å². The molecule has 156 valence electrons. The lowest BCUT2D eigenvalue weighted by Crippen LogP contribution is -2.53. The number of benzene rings is 1. The van der Waals surface area contributed by atoms with Crippen LogP contribution in [0, 0.1) is 0 Å². The molecule has 0 spiro atoms. The largest absolute Gasteiger partial charge is 0.466 e. The fourth-order valence-corrected chi connectivity index (χ4v) is 2.70. The SMILES string of the molecule is COC(=O)/C(C)=C/[C@H]1OC(N)(C(Cl)(Cl)Cl)O[C@H]1COCOCc1ccccc1. The number of carbonyl (C=O) groups excluding carboxylic acids is 1. The Balaban J connectivity index is 1.95. The molecule has 1 fully saturated rings. The maximum absolute atomic E-state index is 11.7. The molecular weight excluding hydrogens is 433 g/mol. The third-order valence-electron chi connectivity index (χ3n) is 3.88. The molecule has 0 bridgehead atoms. The third-order valence-corrected chi connectivity index (χ3v) is 4.67. The van der Waals surface area contributed by atoms with Crippen LogP contribution in [0.3, 0.4) is 0 Å². The second kappa shape index (κ2) is 10.2. The number of rotatable bonds is 8. The van der Waals surface area contributed by atoms with E-state index in [1.54, 1.807) is 6.92 Å². The Kier molecular flexibility index (Phi) is 8.54. The normalized spacial score (nSPS) is 25.7. The molecule has 0 saturated carbocycles. The van der Waals surface area contributed by atoms with Crippen LogP contribution in [0.4, 0.5) is 0 Å². The summed E-state index contributed by atoms with van der Waals surface area (Å²) in [5.74, 6) is -2.54. The Bertz CT molecular complexity index is 682. The van der Waals surface area contributed by atoms with Gasteiger partial charge in [0.1, 0.15) is 19.0 Å². The van der Waals surface area contributed by atoms with Crippen molar-refractivity contribution in [1.82, 2.24) is 0 Å². The predicted octanol–water partition coefficient (Wildman–Crippen LogP) is 3.06. The van der Waals surface area contributed by atoms with Gasteiger partial charge in [0.15, 0.2) is 0 Å². The smallest absolute Gasteiger partial charge is 0.333 e. The van der Waals surface area contributed by atoms with Gasteiger partial charge in [-0.25, -0.2) is 4.79 Å². The second-order valence-corrected chi connectivity index (χ2v) is 8.35. The van der Waals surface area contributed by atoms with Gasteiger partial charge in [0.2, 0.25) is 0 Å². The van der Waals surface area contributed by atoms with E-state index in [2.05, 4.69) is 4.74 Å². The molecule has 2 rings (SSSR count). The quantitative estimate of drug-likeness (QED) is 0.212. The fourth-order valence-electron chi connectivity index (χ4n) is 2.43. The van der Waals surface area contributed by atoms with Gasteiger partial charge in [0.05, 0.1) is 20.3 Å². The lowest BCUT2D eigenvalue weighted by Gasteiger charge is -2.29. The van der Waals surface area contributed by atoms with Crippen LogP contribution in [0.25, 0.3) is 0 Å². The number of halogens is 3. The molecule has 1 heterocycles. The summed E-state index contributed by atoms with van der Waals surface area (Å²) in [6.07, 6.45) is -0.0511. The van der Waals surface area contributed by atoms with Crippen LogP contribution in [0.1, 0.15) is 12.5 Å². The zero-order chi connectivity index (χ0) is 20.8. The predicted molar refractivity (Wildman–Crippen MR) is 105 cm³/mol. The summed E-state index contributed by atoms with van der Waals surface area (Å²) in [6, 6.07) is 9.64. The molecule has 28 heavy (non-hydrogen) atoms. The summed E-state index contributed by atoms with van der Waals surface area (Å²) in [4.78, 5) is 11.7. The van der Waals surface area contributed by atoms with Gasteiger partial charge in [0.25, 0.3) is 9.70 Å². The number of alkyl halides is 3. The summed E-state index contributed by atoms with van der Waals surface area (Å²) in [5, 5.41) is 0. The van der Waals surface area contributed by atoms with Gasteiger partial charge < -0.3 is 23.7 Å². The summed E-state index contributed by atoms with van der Waals surface area (Å²) in [6.45, 7) is 1.99. The zero-order valence-corrected chi connectivity index (χ0v) is 17.7. The highest BCUT2D eigenvalue weighted by Crippen LogP contribution is 2.44. The lowest BCUT2D eigenvalue weighted by molar-refractivity contribution is -0.173. The molecule has 1 aromatic rings. The number of ether oxygens (including phenoxy) is 5. The average molecular weight is 455 g/mol. The van der Waals surface area contributed by atoms with E-state index in [0.29, 0.717) is 6.61 Å².